The van der Waals surface area contributed by atoms with Gasteiger partial charge in [0, 0.05) is 34.6 Å². The normalized spacial score (nSPS) is 16.8. The Hall–Kier alpha value is -2.47. The van der Waals surface area contributed by atoms with Gasteiger partial charge in [-0.05, 0) is 30.7 Å². The minimum atomic E-state index is -0.145. The highest BCUT2D eigenvalue weighted by atomic mass is 32.2. The van der Waals surface area contributed by atoms with E-state index < -0.39 is 0 Å². The summed E-state index contributed by atoms with van der Waals surface area (Å²) in [5, 5.41) is 0.0589. The third-order valence-corrected chi connectivity index (χ3v) is 5.94. The molecule has 0 saturated carbocycles. The Morgan fingerprint density at radius 2 is 2.19 bits per heavy atom. The van der Waals surface area contributed by atoms with Crippen LogP contribution in [-0.2, 0) is 6.54 Å². The molecule has 1 atom stereocenters. The van der Waals surface area contributed by atoms with Gasteiger partial charge in [0.15, 0.2) is 0 Å². The lowest BCUT2D eigenvalue weighted by Gasteiger charge is -2.23. The van der Waals surface area contributed by atoms with Gasteiger partial charge >= 0.3 is 0 Å². The van der Waals surface area contributed by atoms with Crippen LogP contribution in [0, 0.1) is 5.82 Å². The van der Waals surface area contributed by atoms with E-state index in [4.69, 9.17) is 4.74 Å². The van der Waals surface area contributed by atoms with Crippen LogP contribution >= 0.6 is 11.8 Å². The Bertz CT molecular complexity index is 885. The van der Waals surface area contributed by atoms with Gasteiger partial charge in [0.2, 0.25) is 0 Å². The van der Waals surface area contributed by atoms with Crippen LogP contribution in [-0.4, -0.2) is 23.6 Å². The predicted molar refractivity (Wildman–Crippen MR) is 102 cm³/mol. The smallest absolute Gasteiger partial charge is 0.127 e. The molecular formula is C20H20FN3OS. The number of hydrogen-bond donors (Lipinski definition) is 1. The second kappa shape index (κ2) is 7.41. The van der Waals surface area contributed by atoms with E-state index >= 15 is 0 Å². The molecule has 6 heteroatoms. The van der Waals surface area contributed by atoms with Gasteiger partial charge in [-0.1, -0.05) is 18.2 Å². The number of aromatic amines is 1. The average Bonchev–Trinajstić information content (AvgIpc) is 3.11. The summed E-state index contributed by atoms with van der Waals surface area (Å²) in [5.41, 5.74) is 1.89. The zero-order valence-corrected chi connectivity index (χ0v) is 15.3. The first kappa shape index (κ1) is 17.0. The second-order valence-electron chi connectivity index (χ2n) is 6.21. The molecule has 26 heavy (non-hydrogen) atoms. The maximum absolute atomic E-state index is 14.4. The van der Waals surface area contributed by atoms with Gasteiger partial charge in [0.05, 0.1) is 19.3 Å². The molecule has 0 amide bonds. The van der Waals surface area contributed by atoms with Crippen molar-refractivity contribution >= 4 is 17.4 Å². The molecule has 0 fully saturated rings. The van der Waals surface area contributed by atoms with Crippen LogP contribution in [0.5, 0.6) is 5.75 Å². The van der Waals surface area contributed by atoms with E-state index in [0.717, 1.165) is 40.7 Å². The minimum absolute atomic E-state index is 0.0589. The summed E-state index contributed by atoms with van der Waals surface area (Å²) in [6.45, 7) is 1.52. The van der Waals surface area contributed by atoms with E-state index in [1.165, 1.54) is 6.07 Å². The maximum atomic E-state index is 14.4. The van der Waals surface area contributed by atoms with Crippen molar-refractivity contribution in [2.45, 2.75) is 23.1 Å². The van der Waals surface area contributed by atoms with Gasteiger partial charge in [-0.15, -0.1) is 11.8 Å². The zero-order valence-electron chi connectivity index (χ0n) is 14.5. The Morgan fingerprint density at radius 3 is 2.96 bits per heavy atom. The van der Waals surface area contributed by atoms with Gasteiger partial charge in [-0.2, -0.15) is 0 Å². The number of H-pyrrole nitrogens is 1. The minimum Gasteiger partial charge on any atom is -0.497 e. The fourth-order valence-corrected chi connectivity index (χ4v) is 4.62. The van der Waals surface area contributed by atoms with Crippen LogP contribution in [0.4, 0.5) is 10.1 Å². The Labute approximate surface area is 156 Å². The first-order valence-electron chi connectivity index (χ1n) is 8.57. The molecule has 2 aromatic carbocycles. The van der Waals surface area contributed by atoms with Gasteiger partial charge in [0.1, 0.15) is 17.4 Å². The first-order chi connectivity index (χ1) is 12.7. The monoisotopic (exact) mass is 369 g/mol. The summed E-state index contributed by atoms with van der Waals surface area (Å²) >= 11 is 1.70. The Kier molecular flexibility index (Phi) is 4.84. The molecular weight excluding hydrogens is 349 g/mol. The number of benzene rings is 2. The van der Waals surface area contributed by atoms with Crippen molar-refractivity contribution in [2.75, 3.05) is 18.6 Å². The van der Waals surface area contributed by atoms with Crippen molar-refractivity contribution in [3.05, 3.63) is 72.1 Å². The van der Waals surface area contributed by atoms with Gasteiger partial charge < -0.3 is 14.6 Å². The molecule has 1 unspecified atom stereocenters. The topological polar surface area (TPSA) is 41.1 Å². The number of hydrogen-bond acceptors (Lipinski definition) is 4. The largest absolute Gasteiger partial charge is 0.497 e. The zero-order chi connectivity index (χ0) is 17.9. The van der Waals surface area contributed by atoms with Crippen molar-refractivity contribution in [2.24, 2.45) is 0 Å². The molecule has 0 spiro atoms. The van der Waals surface area contributed by atoms with Crippen LogP contribution in [0.25, 0.3) is 0 Å². The summed E-state index contributed by atoms with van der Waals surface area (Å²) in [6.07, 6.45) is 4.45. The predicted octanol–water partition coefficient (Wildman–Crippen LogP) is 4.80. The molecule has 0 bridgehead atoms. The quantitative estimate of drug-likeness (QED) is 0.717. The van der Waals surface area contributed by atoms with Gasteiger partial charge in [0.25, 0.3) is 0 Å². The van der Waals surface area contributed by atoms with Crippen molar-refractivity contribution in [3.8, 4) is 5.75 Å². The number of anilines is 1. The molecule has 1 aliphatic heterocycles. The lowest BCUT2D eigenvalue weighted by atomic mass is 10.1. The Morgan fingerprint density at radius 1 is 1.31 bits per heavy atom. The summed E-state index contributed by atoms with van der Waals surface area (Å²) in [4.78, 5) is 10.9. The Balaban J connectivity index is 1.70. The van der Waals surface area contributed by atoms with Crippen molar-refractivity contribution in [3.63, 3.8) is 0 Å². The molecule has 2 heterocycles. The summed E-state index contributed by atoms with van der Waals surface area (Å²) < 4.78 is 19.8. The highest BCUT2D eigenvalue weighted by molar-refractivity contribution is 7.99. The molecule has 0 saturated heterocycles. The number of ether oxygens (including phenoxy) is 1. The molecule has 1 N–H and O–H groups in total. The number of halogens is 1. The number of imidazole rings is 1. The third-order valence-electron chi connectivity index (χ3n) is 4.59. The van der Waals surface area contributed by atoms with Crippen LogP contribution < -0.4 is 9.64 Å². The maximum Gasteiger partial charge on any atom is 0.127 e. The van der Waals surface area contributed by atoms with Crippen LogP contribution in [0.15, 0.2) is 59.8 Å². The average molecular weight is 369 g/mol. The van der Waals surface area contributed by atoms with Crippen molar-refractivity contribution in [1.29, 1.82) is 0 Å². The highest BCUT2D eigenvalue weighted by Gasteiger charge is 2.26. The fraction of sp³-hybridized carbons (Fsp3) is 0.250. The lowest BCUT2D eigenvalue weighted by molar-refractivity contribution is 0.413. The van der Waals surface area contributed by atoms with Gasteiger partial charge in [-0.25, -0.2) is 9.37 Å². The molecule has 1 aliphatic rings. The summed E-state index contributed by atoms with van der Waals surface area (Å²) in [7, 11) is 1.66. The molecule has 1 aromatic heterocycles. The van der Waals surface area contributed by atoms with Crippen molar-refractivity contribution < 1.29 is 9.13 Å². The third kappa shape index (κ3) is 3.42. The molecule has 0 aliphatic carbocycles. The molecule has 0 radical (unpaired) electrons. The van der Waals surface area contributed by atoms with Crippen LogP contribution in [0.3, 0.4) is 0 Å². The van der Waals surface area contributed by atoms with E-state index in [9.17, 15) is 4.39 Å². The molecule has 3 aromatic rings. The van der Waals surface area contributed by atoms with Gasteiger partial charge in [-0.3, -0.25) is 0 Å². The SMILES string of the molecule is COc1ccc2c(c1)SC(c1ccccc1F)CCN2Cc1ncc[nH]1. The van der Waals surface area contributed by atoms with Crippen LogP contribution in [0.2, 0.25) is 0 Å². The summed E-state index contributed by atoms with van der Waals surface area (Å²) in [6, 6.07) is 13.1. The number of thioether (sulfide) groups is 1. The highest BCUT2D eigenvalue weighted by Crippen LogP contribution is 2.47. The lowest BCUT2D eigenvalue weighted by Crippen LogP contribution is -2.24. The number of methoxy groups -OCH3 is 1. The number of nitrogens with one attached hydrogen (secondary N) is 1. The number of nitrogens with zero attached hydrogens (tertiary/aromatic N) is 2. The number of fused-ring (bicyclic) bond motifs is 1. The standard InChI is InChI=1S/C20H20FN3OS/c1-25-14-6-7-17-19(12-14)26-18(15-4-2-3-5-16(15)21)8-11-24(17)13-20-22-9-10-23-20/h2-7,9-10,12,18H,8,11,13H2,1H3,(H,22,23). The summed E-state index contributed by atoms with van der Waals surface area (Å²) in [5.74, 6) is 1.58. The fourth-order valence-electron chi connectivity index (χ4n) is 3.27. The van der Waals surface area contributed by atoms with E-state index in [2.05, 4.69) is 20.9 Å². The molecule has 134 valence electrons. The number of aromatic nitrogens is 2. The molecule has 4 rings (SSSR count). The first-order valence-corrected chi connectivity index (χ1v) is 9.45. The van der Waals surface area contributed by atoms with E-state index in [1.54, 1.807) is 31.1 Å². The molecule has 4 nitrogen and oxygen atoms in total. The van der Waals surface area contributed by atoms with Crippen LogP contribution in [0.1, 0.15) is 23.1 Å². The second-order valence-corrected chi connectivity index (χ2v) is 7.45. The number of rotatable bonds is 4. The van der Waals surface area contributed by atoms with E-state index in [1.807, 2.05) is 30.5 Å². The van der Waals surface area contributed by atoms with E-state index in [0.29, 0.717) is 6.54 Å². The van der Waals surface area contributed by atoms with E-state index in [-0.39, 0.29) is 11.1 Å². The van der Waals surface area contributed by atoms with Crippen molar-refractivity contribution in [1.82, 2.24) is 9.97 Å².